The number of rotatable bonds is 6. The molecule has 0 aliphatic carbocycles. The van der Waals surface area contributed by atoms with Crippen LogP contribution < -0.4 is 5.32 Å². The summed E-state index contributed by atoms with van der Waals surface area (Å²) in [5.41, 5.74) is -1.45. The number of thiophene rings is 1. The maximum Gasteiger partial charge on any atom is 0.306 e. The van der Waals surface area contributed by atoms with E-state index in [1.54, 1.807) is 17.4 Å². The number of carboxylic acid groups (broad SMARTS) is 1. The number of hydrogen-bond acceptors (Lipinski definition) is 4. The van der Waals surface area contributed by atoms with Gasteiger partial charge in [-0.05, 0) is 32.1 Å². The third-order valence-corrected chi connectivity index (χ3v) is 3.30. The fourth-order valence-corrected chi connectivity index (χ4v) is 2.21. The maximum atomic E-state index is 11.5. The highest BCUT2D eigenvalue weighted by molar-refractivity contribution is 7.12. The average Bonchev–Trinajstić information content (AvgIpc) is 2.68. The van der Waals surface area contributed by atoms with Gasteiger partial charge in [-0.1, -0.05) is 0 Å². The second-order valence-corrected chi connectivity index (χ2v) is 5.89. The van der Waals surface area contributed by atoms with Crippen molar-refractivity contribution in [3.63, 3.8) is 0 Å². The van der Waals surface area contributed by atoms with E-state index < -0.39 is 18.0 Å². The molecule has 1 atom stereocenters. The summed E-state index contributed by atoms with van der Waals surface area (Å²) in [5.74, 6) is -1.47. The summed E-state index contributed by atoms with van der Waals surface area (Å²) in [4.78, 5) is 24.1. The minimum absolute atomic E-state index is 0.105. The van der Waals surface area contributed by atoms with Crippen LogP contribution in [-0.2, 0) is 9.59 Å². The summed E-state index contributed by atoms with van der Waals surface area (Å²) in [6.45, 7) is 3.24. The molecule has 0 bridgehead atoms. The van der Waals surface area contributed by atoms with Crippen LogP contribution in [0.25, 0.3) is 6.08 Å². The van der Waals surface area contributed by atoms with Gasteiger partial charge >= 0.3 is 5.97 Å². The molecule has 19 heavy (non-hydrogen) atoms. The second-order valence-electron chi connectivity index (χ2n) is 4.57. The fourth-order valence-electron chi connectivity index (χ4n) is 1.43. The highest BCUT2D eigenvalue weighted by atomic mass is 32.1. The average molecular weight is 283 g/mol. The van der Waals surface area contributed by atoms with Gasteiger partial charge in [-0.25, -0.2) is 0 Å². The van der Waals surface area contributed by atoms with E-state index in [1.807, 2.05) is 19.1 Å². The molecular weight excluding hydrogens is 266 g/mol. The lowest BCUT2D eigenvalue weighted by atomic mass is 10.0. The third-order valence-electron chi connectivity index (χ3n) is 2.34. The monoisotopic (exact) mass is 283 g/mol. The van der Waals surface area contributed by atoms with Gasteiger partial charge in [0.05, 0.1) is 12.0 Å². The molecule has 0 saturated heterocycles. The zero-order valence-corrected chi connectivity index (χ0v) is 11.7. The summed E-state index contributed by atoms with van der Waals surface area (Å²) in [6.07, 6.45) is 2.63. The summed E-state index contributed by atoms with van der Waals surface area (Å²) < 4.78 is 0. The van der Waals surface area contributed by atoms with E-state index in [0.717, 1.165) is 9.75 Å². The SMILES string of the molecule is Cc1ccc(C=CC(=O)NCC(C)(O)CC(=O)O)s1. The number of carbonyl (C=O) groups is 2. The largest absolute Gasteiger partial charge is 0.481 e. The smallest absolute Gasteiger partial charge is 0.306 e. The van der Waals surface area contributed by atoms with Crippen molar-refractivity contribution in [3.05, 3.63) is 28.0 Å². The Morgan fingerprint density at radius 3 is 2.68 bits per heavy atom. The zero-order chi connectivity index (χ0) is 14.5. The van der Waals surface area contributed by atoms with E-state index in [9.17, 15) is 14.7 Å². The molecule has 1 rings (SSSR count). The van der Waals surface area contributed by atoms with Crippen LogP contribution in [0.5, 0.6) is 0 Å². The molecule has 0 aliphatic rings. The van der Waals surface area contributed by atoms with Crippen LogP contribution in [0.3, 0.4) is 0 Å². The molecule has 0 spiro atoms. The summed E-state index contributed by atoms with van der Waals surface area (Å²) in [6, 6.07) is 3.87. The van der Waals surface area contributed by atoms with Crippen molar-refractivity contribution in [3.8, 4) is 0 Å². The number of aliphatic carboxylic acids is 1. The van der Waals surface area contributed by atoms with Gasteiger partial charge in [-0.2, -0.15) is 0 Å². The molecule has 1 unspecified atom stereocenters. The number of nitrogens with one attached hydrogen (secondary N) is 1. The molecular formula is C13H17NO4S. The van der Waals surface area contributed by atoms with E-state index in [4.69, 9.17) is 5.11 Å². The number of carboxylic acids is 1. The zero-order valence-electron chi connectivity index (χ0n) is 10.8. The molecule has 1 aromatic rings. The van der Waals surface area contributed by atoms with E-state index in [-0.39, 0.29) is 12.5 Å². The Morgan fingerprint density at radius 2 is 2.16 bits per heavy atom. The lowest BCUT2D eigenvalue weighted by Crippen LogP contribution is -2.41. The molecule has 0 aromatic carbocycles. The molecule has 5 nitrogen and oxygen atoms in total. The fraction of sp³-hybridized carbons (Fsp3) is 0.385. The first kappa shape index (κ1) is 15.4. The topological polar surface area (TPSA) is 86.6 Å². The Morgan fingerprint density at radius 1 is 1.47 bits per heavy atom. The van der Waals surface area contributed by atoms with Crippen molar-refractivity contribution < 1.29 is 19.8 Å². The first-order chi connectivity index (χ1) is 8.78. The van der Waals surface area contributed by atoms with Gasteiger partial charge in [-0.3, -0.25) is 9.59 Å². The molecule has 0 saturated carbocycles. The van der Waals surface area contributed by atoms with E-state index in [0.29, 0.717) is 0 Å². The van der Waals surface area contributed by atoms with Crippen molar-refractivity contribution in [1.82, 2.24) is 5.32 Å². The van der Waals surface area contributed by atoms with Gasteiger partial charge in [-0.15, -0.1) is 11.3 Å². The number of aliphatic hydroxyl groups is 1. The second kappa shape index (κ2) is 6.49. The molecule has 1 heterocycles. The van der Waals surface area contributed by atoms with Crippen LogP contribution in [0.2, 0.25) is 0 Å². The van der Waals surface area contributed by atoms with Gasteiger partial charge in [0.2, 0.25) is 5.91 Å². The van der Waals surface area contributed by atoms with E-state index >= 15 is 0 Å². The summed E-state index contributed by atoms with van der Waals surface area (Å²) in [7, 11) is 0. The molecule has 1 aromatic heterocycles. The summed E-state index contributed by atoms with van der Waals surface area (Å²) in [5, 5.41) is 20.8. The standard InChI is InChI=1S/C13H17NO4S/c1-9-3-4-10(19-9)5-6-11(15)14-8-13(2,18)7-12(16)17/h3-6,18H,7-8H2,1-2H3,(H,14,15)(H,16,17). The Hall–Kier alpha value is -1.66. The van der Waals surface area contributed by atoms with Crippen LogP contribution in [0.4, 0.5) is 0 Å². The van der Waals surface area contributed by atoms with E-state index in [1.165, 1.54) is 13.0 Å². The molecule has 0 aliphatic heterocycles. The number of carbonyl (C=O) groups excluding carboxylic acids is 1. The number of amides is 1. The molecule has 1 amide bonds. The van der Waals surface area contributed by atoms with Crippen molar-refractivity contribution in [1.29, 1.82) is 0 Å². The predicted molar refractivity (Wildman–Crippen MR) is 74.0 cm³/mol. The minimum atomic E-state index is -1.45. The molecule has 3 N–H and O–H groups in total. The molecule has 0 fully saturated rings. The molecule has 104 valence electrons. The van der Waals surface area contributed by atoms with E-state index in [2.05, 4.69) is 5.32 Å². The predicted octanol–water partition coefficient (Wildman–Crippen LogP) is 1.41. The molecule has 6 heteroatoms. The Bertz CT molecular complexity index is 491. The Balaban J connectivity index is 2.43. The van der Waals surface area contributed by atoms with Crippen molar-refractivity contribution in [2.45, 2.75) is 25.9 Å². The van der Waals surface area contributed by atoms with Crippen LogP contribution >= 0.6 is 11.3 Å². The first-order valence-electron chi connectivity index (χ1n) is 5.75. The van der Waals surface area contributed by atoms with Crippen LogP contribution in [0.15, 0.2) is 18.2 Å². The Kier molecular flexibility index (Phi) is 5.26. The Labute approximate surface area is 115 Å². The number of hydrogen-bond donors (Lipinski definition) is 3. The van der Waals surface area contributed by atoms with Gasteiger partial charge in [0, 0.05) is 22.4 Å². The first-order valence-corrected chi connectivity index (χ1v) is 6.57. The maximum absolute atomic E-state index is 11.5. The highest BCUT2D eigenvalue weighted by Gasteiger charge is 2.24. The van der Waals surface area contributed by atoms with Crippen LogP contribution in [-0.4, -0.2) is 34.2 Å². The normalized spacial score (nSPS) is 14.3. The summed E-state index contributed by atoms with van der Waals surface area (Å²) >= 11 is 1.57. The van der Waals surface area contributed by atoms with Crippen molar-refractivity contribution in [2.75, 3.05) is 6.54 Å². The van der Waals surface area contributed by atoms with Crippen molar-refractivity contribution in [2.24, 2.45) is 0 Å². The van der Waals surface area contributed by atoms with Gasteiger partial charge in [0.15, 0.2) is 0 Å². The van der Waals surface area contributed by atoms with Crippen LogP contribution in [0.1, 0.15) is 23.1 Å². The minimum Gasteiger partial charge on any atom is -0.481 e. The van der Waals surface area contributed by atoms with Gasteiger partial charge < -0.3 is 15.5 Å². The van der Waals surface area contributed by atoms with Gasteiger partial charge in [0.1, 0.15) is 0 Å². The highest BCUT2D eigenvalue weighted by Crippen LogP contribution is 2.16. The molecule has 0 radical (unpaired) electrons. The lowest BCUT2D eigenvalue weighted by molar-refractivity contribution is -0.142. The van der Waals surface area contributed by atoms with Gasteiger partial charge in [0.25, 0.3) is 0 Å². The quantitative estimate of drug-likeness (QED) is 0.689. The van der Waals surface area contributed by atoms with Crippen LogP contribution in [0, 0.1) is 6.92 Å². The van der Waals surface area contributed by atoms with Crippen molar-refractivity contribution >= 4 is 29.3 Å². The lowest BCUT2D eigenvalue weighted by Gasteiger charge is -2.20. The third kappa shape index (κ3) is 6.17. The number of aryl methyl sites for hydroxylation is 1.